The molecule has 0 saturated heterocycles. The van der Waals surface area contributed by atoms with Crippen LogP contribution in [0.4, 0.5) is 0 Å². The molecular formula is C10H17NO2S. The van der Waals surface area contributed by atoms with Crippen LogP contribution < -0.4 is 5.32 Å². The lowest BCUT2D eigenvalue weighted by atomic mass is 10.3. The third kappa shape index (κ3) is 3.38. The molecule has 0 aliphatic carbocycles. The smallest absolute Gasteiger partial charge is 0.169 e. The van der Waals surface area contributed by atoms with Crippen LogP contribution in [-0.2, 0) is 16.0 Å². The summed E-state index contributed by atoms with van der Waals surface area (Å²) in [5, 5.41) is 5.40. The van der Waals surface area contributed by atoms with Crippen LogP contribution in [0.3, 0.4) is 0 Å². The van der Waals surface area contributed by atoms with Crippen LogP contribution in [0.25, 0.3) is 0 Å². The molecule has 1 rings (SSSR count). The first-order valence-corrected chi connectivity index (χ1v) is 5.45. The van der Waals surface area contributed by atoms with Crippen molar-refractivity contribution in [2.24, 2.45) is 0 Å². The molecule has 0 fully saturated rings. The van der Waals surface area contributed by atoms with Gasteiger partial charge in [0, 0.05) is 32.2 Å². The van der Waals surface area contributed by atoms with Crippen LogP contribution in [0, 0.1) is 6.92 Å². The fourth-order valence-corrected chi connectivity index (χ4v) is 2.03. The minimum absolute atomic E-state index is 0.157. The molecule has 1 aromatic heterocycles. The summed E-state index contributed by atoms with van der Waals surface area (Å²) >= 11 is 1.77. The van der Waals surface area contributed by atoms with E-state index in [1.165, 1.54) is 10.4 Å². The van der Waals surface area contributed by atoms with E-state index in [2.05, 4.69) is 23.7 Å². The van der Waals surface area contributed by atoms with Crippen molar-refractivity contribution >= 4 is 11.3 Å². The van der Waals surface area contributed by atoms with Crippen molar-refractivity contribution in [3.05, 3.63) is 21.9 Å². The lowest BCUT2D eigenvalue weighted by Gasteiger charge is -2.13. The number of methoxy groups -OCH3 is 2. The first-order valence-electron chi connectivity index (χ1n) is 4.57. The van der Waals surface area contributed by atoms with Crippen LogP contribution in [-0.4, -0.2) is 27.1 Å². The van der Waals surface area contributed by atoms with E-state index in [1.54, 1.807) is 25.6 Å². The molecule has 4 heteroatoms. The number of nitrogens with one attached hydrogen (secondary N) is 1. The lowest BCUT2D eigenvalue weighted by Crippen LogP contribution is -2.29. The molecule has 1 heterocycles. The Morgan fingerprint density at radius 1 is 1.43 bits per heavy atom. The Morgan fingerprint density at radius 3 is 2.64 bits per heavy atom. The molecule has 0 saturated carbocycles. The van der Waals surface area contributed by atoms with E-state index in [0.29, 0.717) is 6.54 Å². The van der Waals surface area contributed by atoms with Crippen LogP contribution in [0.2, 0.25) is 0 Å². The average Bonchev–Trinajstić information content (AvgIpc) is 2.59. The molecule has 0 unspecified atom stereocenters. The van der Waals surface area contributed by atoms with Crippen molar-refractivity contribution in [1.29, 1.82) is 0 Å². The Balaban J connectivity index is 2.24. The van der Waals surface area contributed by atoms with E-state index in [0.717, 1.165) is 6.54 Å². The van der Waals surface area contributed by atoms with Gasteiger partial charge in [-0.15, -0.1) is 11.3 Å². The third-order valence-electron chi connectivity index (χ3n) is 2.09. The molecular weight excluding hydrogens is 198 g/mol. The number of ether oxygens (including phenoxy) is 2. The summed E-state index contributed by atoms with van der Waals surface area (Å²) in [7, 11) is 3.29. The molecule has 0 amide bonds. The second kappa shape index (κ2) is 6.14. The van der Waals surface area contributed by atoms with Gasteiger partial charge in [0.15, 0.2) is 6.29 Å². The normalized spacial score (nSPS) is 11.1. The lowest BCUT2D eigenvalue weighted by molar-refractivity contribution is -0.0988. The van der Waals surface area contributed by atoms with Crippen molar-refractivity contribution in [3.8, 4) is 0 Å². The predicted molar refractivity (Wildman–Crippen MR) is 58.6 cm³/mol. The zero-order chi connectivity index (χ0) is 10.4. The van der Waals surface area contributed by atoms with E-state index in [1.807, 2.05) is 0 Å². The summed E-state index contributed by atoms with van der Waals surface area (Å²) in [6, 6.07) is 2.13. The number of thiophene rings is 1. The van der Waals surface area contributed by atoms with Gasteiger partial charge in [0.05, 0.1) is 0 Å². The number of hydrogen-bond donors (Lipinski definition) is 1. The fraction of sp³-hybridized carbons (Fsp3) is 0.600. The summed E-state index contributed by atoms with van der Waals surface area (Å²) in [4.78, 5) is 1.37. The van der Waals surface area contributed by atoms with Crippen LogP contribution in [0.1, 0.15) is 10.4 Å². The molecule has 0 aromatic carbocycles. The number of hydrogen-bond acceptors (Lipinski definition) is 4. The highest BCUT2D eigenvalue weighted by Crippen LogP contribution is 2.14. The molecule has 0 radical (unpaired) electrons. The highest BCUT2D eigenvalue weighted by molar-refractivity contribution is 7.10. The van der Waals surface area contributed by atoms with E-state index in [4.69, 9.17) is 9.47 Å². The summed E-state index contributed by atoms with van der Waals surface area (Å²) in [6.07, 6.45) is -0.157. The molecule has 14 heavy (non-hydrogen) atoms. The number of rotatable bonds is 6. The Hall–Kier alpha value is -0.420. The van der Waals surface area contributed by atoms with Crippen molar-refractivity contribution < 1.29 is 9.47 Å². The molecule has 1 aromatic rings. The largest absolute Gasteiger partial charge is 0.355 e. The minimum Gasteiger partial charge on any atom is -0.355 e. The van der Waals surface area contributed by atoms with Gasteiger partial charge in [-0.1, -0.05) is 0 Å². The average molecular weight is 215 g/mol. The van der Waals surface area contributed by atoms with Gasteiger partial charge in [-0.05, 0) is 23.9 Å². The van der Waals surface area contributed by atoms with Crippen LogP contribution >= 0.6 is 11.3 Å². The Kier molecular flexibility index (Phi) is 5.11. The molecule has 0 bridgehead atoms. The van der Waals surface area contributed by atoms with Crippen LogP contribution in [0.5, 0.6) is 0 Å². The van der Waals surface area contributed by atoms with Crippen molar-refractivity contribution in [3.63, 3.8) is 0 Å². The molecule has 0 aliphatic heterocycles. The maximum Gasteiger partial charge on any atom is 0.169 e. The number of aryl methyl sites for hydroxylation is 1. The monoisotopic (exact) mass is 215 g/mol. The predicted octanol–water partition coefficient (Wildman–Crippen LogP) is 1.77. The van der Waals surface area contributed by atoms with Gasteiger partial charge in [0.25, 0.3) is 0 Å². The van der Waals surface area contributed by atoms with Gasteiger partial charge < -0.3 is 14.8 Å². The highest BCUT2D eigenvalue weighted by atomic mass is 32.1. The zero-order valence-corrected chi connectivity index (χ0v) is 9.69. The second-order valence-corrected chi connectivity index (χ2v) is 4.06. The molecule has 1 N–H and O–H groups in total. The quantitative estimate of drug-likeness (QED) is 0.734. The minimum atomic E-state index is -0.157. The van der Waals surface area contributed by atoms with Gasteiger partial charge in [0.1, 0.15) is 0 Å². The van der Waals surface area contributed by atoms with Crippen molar-refractivity contribution in [2.45, 2.75) is 19.8 Å². The van der Waals surface area contributed by atoms with E-state index in [9.17, 15) is 0 Å². The second-order valence-electron chi connectivity index (χ2n) is 3.06. The maximum atomic E-state index is 5.07. The highest BCUT2D eigenvalue weighted by Gasteiger charge is 2.04. The third-order valence-corrected chi connectivity index (χ3v) is 3.11. The van der Waals surface area contributed by atoms with E-state index in [-0.39, 0.29) is 6.29 Å². The Morgan fingerprint density at radius 2 is 2.14 bits per heavy atom. The van der Waals surface area contributed by atoms with Gasteiger partial charge in [-0.2, -0.15) is 0 Å². The first kappa shape index (κ1) is 11.7. The van der Waals surface area contributed by atoms with Gasteiger partial charge in [-0.25, -0.2) is 0 Å². The SMILES string of the molecule is COC(CNCc1sccc1C)OC. The fourth-order valence-electron chi connectivity index (χ4n) is 1.15. The van der Waals surface area contributed by atoms with E-state index < -0.39 is 0 Å². The standard InChI is InChI=1S/C10H17NO2S/c1-8-4-5-14-9(8)6-11-7-10(12-2)13-3/h4-5,10-11H,6-7H2,1-3H3. The molecule has 0 spiro atoms. The van der Waals surface area contributed by atoms with Gasteiger partial charge in [0.2, 0.25) is 0 Å². The molecule has 0 atom stereocenters. The summed E-state index contributed by atoms with van der Waals surface area (Å²) < 4.78 is 10.1. The summed E-state index contributed by atoms with van der Waals surface area (Å²) in [6.45, 7) is 3.72. The zero-order valence-electron chi connectivity index (χ0n) is 8.87. The van der Waals surface area contributed by atoms with Gasteiger partial charge in [-0.3, -0.25) is 0 Å². The van der Waals surface area contributed by atoms with E-state index >= 15 is 0 Å². The maximum absolute atomic E-state index is 5.07. The summed E-state index contributed by atoms with van der Waals surface area (Å²) in [5.74, 6) is 0. The first-order chi connectivity index (χ1) is 6.77. The van der Waals surface area contributed by atoms with Crippen molar-refractivity contribution in [1.82, 2.24) is 5.32 Å². The topological polar surface area (TPSA) is 30.5 Å². The summed E-state index contributed by atoms with van der Waals surface area (Å²) in [5.41, 5.74) is 1.34. The van der Waals surface area contributed by atoms with Crippen molar-refractivity contribution in [2.75, 3.05) is 20.8 Å². The van der Waals surface area contributed by atoms with Gasteiger partial charge >= 0.3 is 0 Å². The van der Waals surface area contributed by atoms with Crippen LogP contribution in [0.15, 0.2) is 11.4 Å². The Bertz CT molecular complexity index is 258. The molecule has 0 aliphatic rings. The molecule has 3 nitrogen and oxygen atoms in total. The molecule has 80 valence electrons. The Labute approximate surface area is 89.0 Å².